The van der Waals surface area contributed by atoms with Gasteiger partial charge in [0.2, 0.25) is 0 Å². The first-order valence-electron chi connectivity index (χ1n) is 6.26. The Morgan fingerprint density at radius 2 is 1.71 bits per heavy atom. The number of aromatic amines is 1. The highest BCUT2D eigenvalue weighted by Gasteiger charge is 2.07. The van der Waals surface area contributed by atoms with Crippen LogP contribution in [0.2, 0.25) is 0 Å². The van der Waals surface area contributed by atoms with Crippen LogP contribution in [0.1, 0.15) is 11.3 Å². The lowest BCUT2D eigenvalue weighted by atomic mass is 10.2. The SMILES string of the molecule is O=c1[nH]c2cc(F)c(F)cc2nc1C=Cc1ccccc1. The molecule has 0 unspecified atom stereocenters. The van der Waals surface area contributed by atoms with E-state index >= 15 is 0 Å². The molecule has 0 fully saturated rings. The second kappa shape index (κ2) is 5.28. The van der Waals surface area contributed by atoms with Crippen molar-refractivity contribution in [2.24, 2.45) is 0 Å². The van der Waals surface area contributed by atoms with Gasteiger partial charge in [-0.1, -0.05) is 36.4 Å². The van der Waals surface area contributed by atoms with Crippen molar-refractivity contribution in [3.8, 4) is 0 Å². The molecule has 0 spiro atoms. The molecule has 21 heavy (non-hydrogen) atoms. The van der Waals surface area contributed by atoms with Crippen molar-refractivity contribution in [1.29, 1.82) is 0 Å². The molecule has 1 N–H and O–H groups in total. The molecule has 0 aliphatic carbocycles. The van der Waals surface area contributed by atoms with Gasteiger partial charge in [-0.25, -0.2) is 13.8 Å². The van der Waals surface area contributed by atoms with E-state index in [1.807, 2.05) is 30.3 Å². The number of aromatic nitrogens is 2. The maximum Gasteiger partial charge on any atom is 0.274 e. The maximum absolute atomic E-state index is 13.2. The van der Waals surface area contributed by atoms with Gasteiger partial charge in [-0.05, 0) is 11.6 Å². The Bertz CT molecular complexity index is 886. The van der Waals surface area contributed by atoms with Gasteiger partial charge in [-0.2, -0.15) is 0 Å². The number of benzene rings is 2. The Morgan fingerprint density at radius 1 is 1.00 bits per heavy atom. The Labute approximate surface area is 118 Å². The van der Waals surface area contributed by atoms with E-state index in [9.17, 15) is 13.6 Å². The lowest BCUT2D eigenvalue weighted by Gasteiger charge is -2.00. The van der Waals surface area contributed by atoms with Gasteiger partial charge in [0.25, 0.3) is 5.56 Å². The first kappa shape index (κ1) is 13.2. The van der Waals surface area contributed by atoms with Crippen LogP contribution in [-0.2, 0) is 0 Å². The molecule has 0 amide bonds. The molecule has 2 aromatic carbocycles. The second-order valence-corrected chi connectivity index (χ2v) is 4.48. The smallest absolute Gasteiger partial charge is 0.274 e. The quantitative estimate of drug-likeness (QED) is 0.784. The molecule has 1 aromatic heterocycles. The summed E-state index contributed by atoms with van der Waals surface area (Å²) < 4.78 is 26.3. The number of nitrogens with one attached hydrogen (secondary N) is 1. The zero-order valence-electron chi connectivity index (χ0n) is 10.8. The molecule has 0 radical (unpaired) electrons. The van der Waals surface area contributed by atoms with Gasteiger partial charge in [-0.3, -0.25) is 4.79 Å². The van der Waals surface area contributed by atoms with Crippen LogP contribution in [0, 0.1) is 11.6 Å². The molecule has 104 valence electrons. The lowest BCUT2D eigenvalue weighted by Crippen LogP contribution is -2.12. The van der Waals surface area contributed by atoms with E-state index in [1.54, 1.807) is 6.08 Å². The standard InChI is InChI=1S/C16H10F2N2O/c17-11-8-14-15(9-12(11)18)20-16(21)13(19-14)7-6-10-4-2-1-3-5-10/h1-9H,(H,20,21). The summed E-state index contributed by atoms with van der Waals surface area (Å²) in [6.07, 6.45) is 3.26. The molecule has 1 heterocycles. The van der Waals surface area contributed by atoms with E-state index in [2.05, 4.69) is 9.97 Å². The fraction of sp³-hybridized carbons (Fsp3) is 0. The average molecular weight is 284 g/mol. The summed E-state index contributed by atoms with van der Waals surface area (Å²) in [4.78, 5) is 18.4. The minimum absolute atomic E-state index is 0.136. The second-order valence-electron chi connectivity index (χ2n) is 4.48. The minimum atomic E-state index is -1.02. The topological polar surface area (TPSA) is 45.8 Å². The van der Waals surface area contributed by atoms with Crippen LogP contribution in [0.15, 0.2) is 47.3 Å². The van der Waals surface area contributed by atoms with Crippen LogP contribution in [-0.4, -0.2) is 9.97 Å². The summed E-state index contributed by atoms with van der Waals surface area (Å²) in [7, 11) is 0. The lowest BCUT2D eigenvalue weighted by molar-refractivity contribution is 0.510. The molecule has 3 rings (SSSR count). The van der Waals surface area contributed by atoms with Crippen molar-refractivity contribution in [3.05, 3.63) is 75.7 Å². The molecule has 0 bridgehead atoms. The number of halogens is 2. The summed E-state index contributed by atoms with van der Waals surface area (Å²) in [5, 5.41) is 0. The number of rotatable bonds is 2. The van der Waals surface area contributed by atoms with Gasteiger partial charge in [-0.15, -0.1) is 0 Å². The molecule has 3 aromatic rings. The van der Waals surface area contributed by atoms with Crippen molar-refractivity contribution in [1.82, 2.24) is 9.97 Å². The van der Waals surface area contributed by atoms with Crippen LogP contribution in [0.25, 0.3) is 23.2 Å². The van der Waals surface area contributed by atoms with Gasteiger partial charge in [0.05, 0.1) is 11.0 Å². The van der Waals surface area contributed by atoms with Crippen molar-refractivity contribution in [2.75, 3.05) is 0 Å². The number of fused-ring (bicyclic) bond motifs is 1. The number of hydrogen-bond acceptors (Lipinski definition) is 2. The van der Waals surface area contributed by atoms with Gasteiger partial charge in [0.15, 0.2) is 11.6 Å². The number of nitrogens with zero attached hydrogens (tertiary/aromatic N) is 1. The molecule has 0 aliphatic rings. The molecular weight excluding hydrogens is 274 g/mol. The summed E-state index contributed by atoms with van der Waals surface area (Å²) in [5.74, 6) is -2.02. The third-order valence-corrected chi connectivity index (χ3v) is 2.99. The third-order valence-electron chi connectivity index (χ3n) is 2.99. The predicted octanol–water partition coefficient (Wildman–Crippen LogP) is 3.37. The summed E-state index contributed by atoms with van der Waals surface area (Å²) in [5.41, 5.74) is 0.944. The first-order valence-corrected chi connectivity index (χ1v) is 6.26. The molecule has 0 saturated carbocycles. The number of hydrogen-bond donors (Lipinski definition) is 1. The van der Waals surface area contributed by atoms with Crippen molar-refractivity contribution < 1.29 is 8.78 Å². The Morgan fingerprint density at radius 3 is 2.48 bits per heavy atom. The molecule has 5 heteroatoms. The van der Waals surface area contributed by atoms with Crippen LogP contribution in [0.3, 0.4) is 0 Å². The van der Waals surface area contributed by atoms with E-state index < -0.39 is 17.2 Å². The van der Waals surface area contributed by atoms with E-state index in [-0.39, 0.29) is 16.7 Å². The molecule has 0 aliphatic heterocycles. The van der Waals surface area contributed by atoms with Gasteiger partial charge in [0.1, 0.15) is 5.69 Å². The molecule has 3 nitrogen and oxygen atoms in total. The normalized spacial score (nSPS) is 11.3. The van der Waals surface area contributed by atoms with E-state index in [0.717, 1.165) is 17.7 Å². The van der Waals surface area contributed by atoms with Gasteiger partial charge < -0.3 is 4.98 Å². The highest BCUT2D eigenvalue weighted by molar-refractivity contribution is 5.76. The fourth-order valence-corrected chi connectivity index (χ4v) is 1.95. The van der Waals surface area contributed by atoms with E-state index in [0.29, 0.717) is 0 Å². The fourth-order valence-electron chi connectivity index (χ4n) is 1.95. The average Bonchev–Trinajstić information content (AvgIpc) is 2.48. The molecular formula is C16H10F2N2O. The van der Waals surface area contributed by atoms with E-state index in [4.69, 9.17) is 0 Å². The minimum Gasteiger partial charge on any atom is -0.319 e. The van der Waals surface area contributed by atoms with Crippen molar-refractivity contribution in [3.63, 3.8) is 0 Å². The zero-order chi connectivity index (χ0) is 14.8. The highest BCUT2D eigenvalue weighted by Crippen LogP contribution is 2.14. The van der Waals surface area contributed by atoms with Gasteiger partial charge in [0, 0.05) is 12.1 Å². The van der Waals surface area contributed by atoms with Crippen LogP contribution < -0.4 is 5.56 Å². The number of H-pyrrole nitrogens is 1. The largest absolute Gasteiger partial charge is 0.319 e. The zero-order valence-corrected chi connectivity index (χ0v) is 10.8. The maximum atomic E-state index is 13.2. The third kappa shape index (κ3) is 2.72. The van der Waals surface area contributed by atoms with Crippen LogP contribution in [0.4, 0.5) is 8.78 Å². The van der Waals surface area contributed by atoms with Crippen molar-refractivity contribution in [2.45, 2.75) is 0 Å². The highest BCUT2D eigenvalue weighted by atomic mass is 19.2. The Balaban J connectivity index is 2.07. The molecule has 0 saturated heterocycles. The van der Waals surface area contributed by atoms with Gasteiger partial charge >= 0.3 is 0 Å². The Kier molecular flexibility index (Phi) is 3.31. The summed E-state index contributed by atoms with van der Waals surface area (Å²) in [6.45, 7) is 0. The summed E-state index contributed by atoms with van der Waals surface area (Å²) in [6, 6.07) is 11.3. The first-order chi connectivity index (χ1) is 10.1. The Hall–Kier alpha value is -2.82. The van der Waals surface area contributed by atoms with E-state index in [1.165, 1.54) is 6.08 Å². The summed E-state index contributed by atoms with van der Waals surface area (Å²) >= 11 is 0. The molecule has 0 atom stereocenters. The van der Waals surface area contributed by atoms with Crippen LogP contribution in [0.5, 0.6) is 0 Å². The van der Waals surface area contributed by atoms with Crippen LogP contribution >= 0.6 is 0 Å². The van der Waals surface area contributed by atoms with Crippen molar-refractivity contribution >= 4 is 23.2 Å². The monoisotopic (exact) mass is 284 g/mol. The predicted molar refractivity (Wildman–Crippen MR) is 77.6 cm³/mol.